The summed E-state index contributed by atoms with van der Waals surface area (Å²) in [5, 5.41) is 8.56. The zero-order valence-corrected chi connectivity index (χ0v) is 29.8. The van der Waals surface area contributed by atoms with E-state index in [4.69, 9.17) is 26.4 Å². The van der Waals surface area contributed by atoms with Crippen LogP contribution in [0.15, 0.2) is 91.0 Å². The number of halogens is 1. The molecule has 0 bridgehead atoms. The third-order valence-electron chi connectivity index (χ3n) is 9.77. The maximum Gasteiger partial charge on any atom is 0.410 e. The van der Waals surface area contributed by atoms with E-state index in [9.17, 15) is 23.6 Å². The van der Waals surface area contributed by atoms with E-state index in [1.54, 1.807) is 23.1 Å². The maximum absolute atomic E-state index is 15.0. The summed E-state index contributed by atoms with van der Waals surface area (Å²) in [7, 11) is 0. The summed E-state index contributed by atoms with van der Waals surface area (Å²) in [5.41, 5.74) is 16.4. The molecule has 5 N–H and O–H groups in total. The van der Waals surface area contributed by atoms with Gasteiger partial charge < -0.3 is 36.2 Å². The van der Waals surface area contributed by atoms with Crippen LogP contribution in [0.2, 0.25) is 0 Å². The van der Waals surface area contributed by atoms with Gasteiger partial charge in [-0.2, -0.15) is 0 Å². The molecule has 12 nitrogen and oxygen atoms in total. The number of nitrogens with one attached hydrogen (secondary N) is 1. The predicted octanol–water partition coefficient (Wildman–Crippen LogP) is 4.05. The van der Waals surface area contributed by atoms with Crippen LogP contribution in [-0.4, -0.2) is 110 Å². The Labute approximate surface area is 312 Å². The first kappa shape index (κ1) is 37.8. The Morgan fingerprint density at radius 2 is 1.41 bits per heavy atom. The number of piperazine rings is 1. The van der Waals surface area contributed by atoms with Crippen LogP contribution in [0.4, 0.5) is 9.18 Å². The number of carbonyl (C=O) groups is 4. The highest BCUT2D eigenvalue weighted by Crippen LogP contribution is 2.44. The fourth-order valence-corrected chi connectivity index (χ4v) is 6.98. The van der Waals surface area contributed by atoms with Crippen LogP contribution < -0.4 is 11.5 Å². The van der Waals surface area contributed by atoms with Gasteiger partial charge in [-0.15, -0.1) is 0 Å². The Kier molecular flexibility index (Phi) is 12.1. The summed E-state index contributed by atoms with van der Waals surface area (Å²) in [6.07, 6.45) is -0.596. The molecule has 0 unspecified atom stereocenters. The first-order valence-electron chi connectivity index (χ1n) is 17.9. The number of rotatable bonds is 14. The zero-order valence-electron chi connectivity index (χ0n) is 29.8. The Morgan fingerprint density at radius 3 is 2.06 bits per heavy atom. The highest BCUT2D eigenvalue weighted by molar-refractivity contribution is 6.09. The SMILES string of the molecule is N=C(Cc1ccc(F)c(C(=O)N2CCN(C(=O)CN(CCOCCN)C(=O)OCC3c4ccccc4-c4ccccc43)CC2)c1)c1ccccc1C(N)=O. The number of hydrogen-bond acceptors (Lipinski definition) is 8. The quantitative estimate of drug-likeness (QED) is 0.130. The molecule has 2 aliphatic rings. The van der Waals surface area contributed by atoms with Crippen LogP contribution in [0.5, 0.6) is 0 Å². The summed E-state index contributed by atoms with van der Waals surface area (Å²) >= 11 is 0. The van der Waals surface area contributed by atoms with Crippen LogP contribution in [0.1, 0.15) is 48.9 Å². The van der Waals surface area contributed by atoms with Gasteiger partial charge in [0, 0.05) is 68.4 Å². The summed E-state index contributed by atoms with van der Waals surface area (Å²) < 4.78 is 26.4. The molecule has 4 aromatic carbocycles. The summed E-state index contributed by atoms with van der Waals surface area (Å²) in [6.45, 7) is 1.42. The molecule has 4 aromatic rings. The average Bonchev–Trinajstić information content (AvgIpc) is 3.51. The molecule has 6 rings (SSSR count). The minimum Gasteiger partial charge on any atom is -0.448 e. The Morgan fingerprint density at radius 1 is 0.796 bits per heavy atom. The van der Waals surface area contributed by atoms with Gasteiger partial charge in [-0.1, -0.05) is 72.8 Å². The highest BCUT2D eigenvalue weighted by Gasteiger charge is 2.32. The van der Waals surface area contributed by atoms with E-state index in [1.165, 1.54) is 34.1 Å². The van der Waals surface area contributed by atoms with Crippen LogP contribution in [0.3, 0.4) is 0 Å². The third-order valence-corrected chi connectivity index (χ3v) is 9.77. The van der Waals surface area contributed by atoms with Gasteiger partial charge in [0.2, 0.25) is 11.8 Å². The highest BCUT2D eigenvalue weighted by atomic mass is 19.1. The lowest BCUT2D eigenvalue weighted by Gasteiger charge is -2.36. The first-order chi connectivity index (χ1) is 26.2. The van der Waals surface area contributed by atoms with Gasteiger partial charge in [-0.05, 0) is 46.0 Å². The number of fused-ring (bicyclic) bond motifs is 3. The van der Waals surface area contributed by atoms with Gasteiger partial charge in [-0.3, -0.25) is 19.3 Å². The number of nitrogens with two attached hydrogens (primary N) is 2. The van der Waals surface area contributed by atoms with E-state index in [1.807, 2.05) is 36.4 Å². The number of primary amides is 1. The summed E-state index contributed by atoms with van der Waals surface area (Å²) in [5.74, 6) is -2.37. The van der Waals surface area contributed by atoms with Gasteiger partial charge in [-0.25, -0.2) is 9.18 Å². The minimum absolute atomic E-state index is 0.0462. The van der Waals surface area contributed by atoms with Crippen molar-refractivity contribution in [2.75, 3.05) is 65.6 Å². The molecule has 1 fully saturated rings. The predicted molar refractivity (Wildman–Crippen MR) is 201 cm³/mol. The fourth-order valence-electron chi connectivity index (χ4n) is 6.98. The second-order valence-corrected chi connectivity index (χ2v) is 13.2. The van der Waals surface area contributed by atoms with Crippen molar-refractivity contribution in [3.63, 3.8) is 0 Å². The van der Waals surface area contributed by atoms with Crippen molar-refractivity contribution in [3.8, 4) is 11.1 Å². The number of carbonyl (C=O) groups excluding carboxylic acids is 4. The lowest BCUT2D eigenvalue weighted by molar-refractivity contribution is -0.133. The number of nitrogens with zero attached hydrogens (tertiary/aromatic N) is 3. The fraction of sp³-hybridized carbons (Fsp3) is 0.293. The molecular weight excluding hydrogens is 691 g/mol. The second-order valence-electron chi connectivity index (χ2n) is 13.2. The smallest absolute Gasteiger partial charge is 0.410 e. The number of hydrogen-bond donors (Lipinski definition) is 3. The molecule has 54 heavy (non-hydrogen) atoms. The van der Waals surface area contributed by atoms with Crippen molar-refractivity contribution < 1.29 is 33.0 Å². The van der Waals surface area contributed by atoms with Gasteiger partial charge in [0.15, 0.2) is 0 Å². The Hall–Kier alpha value is -5.92. The van der Waals surface area contributed by atoms with E-state index in [0.717, 1.165) is 22.3 Å². The molecule has 280 valence electrons. The van der Waals surface area contributed by atoms with Crippen molar-refractivity contribution in [2.45, 2.75) is 12.3 Å². The molecule has 0 aromatic heterocycles. The first-order valence-corrected chi connectivity index (χ1v) is 17.9. The summed E-state index contributed by atoms with van der Waals surface area (Å²) in [6, 6.07) is 26.6. The van der Waals surface area contributed by atoms with Crippen molar-refractivity contribution in [1.29, 1.82) is 5.41 Å². The Balaban J connectivity index is 1.06. The lowest BCUT2D eigenvalue weighted by Crippen LogP contribution is -2.53. The zero-order chi connectivity index (χ0) is 38.2. The van der Waals surface area contributed by atoms with Gasteiger partial charge in [0.1, 0.15) is 19.0 Å². The van der Waals surface area contributed by atoms with E-state index in [0.29, 0.717) is 24.3 Å². The molecule has 0 atom stereocenters. The number of amides is 4. The third kappa shape index (κ3) is 8.48. The average molecular weight is 735 g/mol. The Bertz CT molecular complexity index is 2000. The van der Waals surface area contributed by atoms with Crippen molar-refractivity contribution in [2.24, 2.45) is 11.5 Å². The molecule has 0 spiro atoms. The molecule has 1 saturated heterocycles. The van der Waals surface area contributed by atoms with E-state index in [2.05, 4.69) is 12.1 Å². The monoisotopic (exact) mass is 734 g/mol. The van der Waals surface area contributed by atoms with Crippen LogP contribution in [-0.2, 0) is 20.7 Å². The van der Waals surface area contributed by atoms with Gasteiger partial charge >= 0.3 is 6.09 Å². The topological polar surface area (TPSA) is 172 Å². The van der Waals surface area contributed by atoms with E-state index >= 15 is 0 Å². The van der Waals surface area contributed by atoms with Gasteiger partial charge in [0.25, 0.3) is 5.91 Å². The second kappa shape index (κ2) is 17.3. The molecule has 1 aliphatic carbocycles. The molecule has 13 heteroatoms. The molecular formula is C41H43FN6O6. The van der Waals surface area contributed by atoms with Crippen molar-refractivity contribution >= 4 is 29.5 Å². The van der Waals surface area contributed by atoms with E-state index < -0.39 is 23.7 Å². The van der Waals surface area contributed by atoms with Crippen molar-refractivity contribution in [1.82, 2.24) is 14.7 Å². The minimum atomic E-state index is -0.707. The number of benzene rings is 4. The lowest BCUT2D eigenvalue weighted by atomic mass is 9.96. The van der Waals surface area contributed by atoms with Crippen LogP contribution in [0, 0.1) is 11.2 Å². The largest absolute Gasteiger partial charge is 0.448 e. The number of ether oxygens (including phenoxy) is 2. The van der Waals surface area contributed by atoms with Gasteiger partial charge in [0.05, 0.1) is 18.8 Å². The van der Waals surface area contributed by atoms with Crippen LogP contribution in [0.25, 0.3) is 11.1 Å². The molecule has 1 heterocycles. The molecule has 0 radical (unpaired) electrons. The standard InChI is InChI=1S/C41H43FN6O6/c42-36-14-13-27(24-37(44)32-11-5-6-12-33(32)39(45)50)23-34(36)40(51)47-18-16-46(17-19-47)38(49)25-48(20-22-53-21-15-43)41(52)54-26-35-30-9-3-1-7-28(30)29-8-2-4-10-31(29)35/h1-14,23,35,44H,15-22,24-26,43H2,(H2,45,50). The molecule has 0 saturated carbocycles. The maximum atomic E-state index is 15.0. The van der Waals surface area contributed by atoms with Crippen molar-refractivity contribution in [3.05, 3.63) is 130 Å². The summed E-state index contributed by atoms with van der Waals surface area (Å²) in [4.78, 5) is 56.7. The molecule has 4 amide bonds. The normalized spacial score (nSPS) is 13.6. The van der Waals surface area contributed by atoms with E-state index in [-0.39, 0.29) is 87.6 Å². The molecule has 1 aliphatic heterocycles. The van der Waals surface area contributed by atoms with Crippen LogP contribution >= 0.6 is 0 Å².